The Labute approximate surface area is 144 Å². The van der Waals surface area contributed by atoms with Gasteiger partial charge in [0.15, 0.2) is 0 Å². The third kappa shape index (κ3) is 2.63. The molecule has 1 atom stereocenters. The Hall–Kier alpha value is -3.22. The molecule has 0 aliphatic carbocycles. The van der Waals surface area contributed by atoms with E-state index in [1.807, 2.05) is 0 Å². The van der Waals surface area contributed by atoms with Gasteiger partial charge < -0.3 is 15.1 Å². The van der Waals surface area contributed by atoms with Crippen LogP contribution in [-0.2, 0) is 4.79 Å². The first-order valence-corrected chi connectivity index (χ1v) is 8.05. The maximum atomic E-state index is 12.8. The molecule has 1 aromatic carbocycles. The van der Waals surface area contributed by atoms with Crippen molar-refractivity contribution in [2.45, 2.75) is 6.04 Å². The van der Waals surface area contributed by atoms with Gasteiger partial charge in [0, 0.05) is 25.5 Å². The van der Waals surface area contributed by atoms with Gasteiger partial charge in [-0.3, -0.25) is 19.4 Å². The van der Waals surface area contributed by atoms with Crippen LogP contribution in [-0.4, -0.2) is 58.2 Å². The van der Waals surface area contributed by atoms with Crippen LogP contribution < -0.4 is 5.32 Å². The van der Waals surface area contributed by atoms with Gasteiger partial charge in [-0.15, -0.1) is 0 Å². The van der Waals surface area contributed by atoms with Crippen molar-refractivity contribution in [3.8, 4) is 0 Å². The summed E-state index contributed by atoms with van der Waals surface area (Å²) in [5.41, 5.74) is 1.46. The van der Waals surface area contributed by atoms with Crippen LogP contribution in [0.2, 0.25) is 0 Å². The quantitative estimate of drug-likeness (QED) is 0.842. The predicted molar refractivity (Wildman–Crippen MR) is 90.0 cm³/mol. The molecule has 2 aliphatic rings. The third-order valence-electron chi connectivity index (χ3n) is 4.55. The number of carbonyl (C=O) groups is 3. The van der Waals surface area contributed by atoms with Crippen molar-refractivity contribution in [3.63, 3.8) is 0 Å². The summed E-state index contributed by atoms with van der Waals surface area (Å²) >= 11 is 0. The second kappa shape index (κ2) is 6.01. The first-order valence-electron chi connectivity index (χ1n) is 8.05. The summed E-state index contributed by atoms with van der Waals surface area (Å²) in [5, 5.41) is 2.80. The topological polar surface area (TPSA) is 82.6 Å². The molecule has 0 saturated carbocycles. The predicted octanol–water partition coefficient (Wildman–Crippen LogP) is 1.00. The number of rotatable bonds is 1. The van der Waals surface area contributed by atoms with E-state index in [1.165, 1.54) is 6.20 Å². The Balaban J connectivity index is 1.61. The van der Waals surface area contributed by atoms with E-state index in [-0.39, 0.29) is 24.3 Å². The Bertz CT molecular complexity index is 852. The summed E-state index contributed by atoms with van der Waals surface area (Å²) < 4.78 is 0. The minimum Gasteiger partial charge on any atom is -0.334 e. The number of aromatic nitrogens is 1. The standard InChI is InChI=1S/C18H16N4O3/c23-16-15-11-21(17(24)12-4-3-7-19-10-12)8-9-22(15)18(25)13-5-1-2-6-14(13)20-16/h1-7,10,15H,8-9,11H2,(H,20,23)/t15-/m1/s1. The van der Waals surface area contributed by atoms with Gasteiger partial charge in [-0.2, -0.15) is 0 Å². The number of anilines is 1. The molecule has 1 fully saturated rings. The molecule has 2 aliphatic heterocycles. The SMILES string of the molecule is O=C1Nc2ccccc2C(=O)N2CCN(C(=O)c3cccnc3)C[C@H]12. The minimum absolute atomic E-state index is 0.166. The number of para-hydroxylation sites is 1. The zero-order valence-corrected chi connectivity index (χ0v) is 13.4. The van der Waals surface area contributed by atoms with Crippen molar-refractivity contribution >= 4 is 23.4 Å². The number of nitrogens with zero attached hydrogens (tertiary/aromatic N) is 3. The Morgan fingerprint density at radius 3 is 2.76 bits per heavy atom. The fourth-order valence-corrected chi connectivity index (χ4v) is 3.26. The van der Waals surface area contributed by atoms with Gasteiger partial charge in [0.2, 0.25) is 5.91 Å². The van der Waals surface area contributed by atoms with Crippen LogP contribution in [0.5, 0.6) is 0 Å². The van der Waals surface area contributed by atoms with Gasteiger partial charge in [-0.05, 0) is 24.3 Å². The van der Waals surface area contributed by atoms with Crippen molar-refractivity contribution in [2.24, 2.45) is 0 Å². The summed E-state index contributed by atoms with van der Waals surface area (Å²) in [4.78, 5) is 45.1. The Morgan fingerprint density at radius 2 is 1.96 bits per heavy atom. The molecular formula is C18H16N4O3. The first kappa shape index (κ1) is 15.3. The fraction of sp³-hybridized carbons (Fsp3) is 0.222. The maximum Gasteiger partial charge on any atom is 0.256 e. The average Bonchev–Trinajstić information content (AvgIpc) is 2.77. The van der Waals surface area contributed by atoms with Gasteiger partial charge >= 0.3 is 0 Å². The maximum absolute atomic E-state index is 12.8. The number of pyridine rings is 1. The van der Waals surface area contributed by atoms with E-state index in [4.69, 9.17) is 0 Å². The van der Waals surface area contributed by atoms with Crippen LogP contribution in [0.25, 0.3) is 0 Å². The molecule has 3 amide bonds. The second-order valence-electron chi connectivity index (χ2n) is 6.04. The molecule has 4 rings (SSSR count). The van der Waals surface area contributed by atoms with Crippen LogP contribution in [0.1, 0.15) is 20.7 Å². The largest absolute Gasteiger partial charge is 0.334 e. The van der Waals surface area contributed by atoms with E-state index in [9.17, 15) is 14.4 Å². The molecule has 126 valence electrons. The molecule has 7 nitrogen and oxygen atoms in total. The van der Waals surface area contributed by atoms with Crippen LogP contribution in [0, 0.1) is 0 Å². The molecule has 0 unspecified atom stereocenters. The highest BCUT2D eigenvalue weighted by Gasteiger charge is 2.40. The van der Waals surface area contributed by atoms with E-state index in [2.05, 4.69) is 10.3 Å². The molecule has 1 N–H and O–H groups in total. The van der Waals surface area contributed by atoms with E-state index in [0.717, 1.165) is 0 Å². The molecule has 1 aromatic heterocycles. The fourth-order valence-electron chi connectivity index (χ4n) is 3.26. The van der Waals surface area contributed by atoms with Crippen molar-refractivity contribution in [3.05, 3.63) is 59.9 Å². The summed E-state index contributed by atoms with van der Waals surface area (Å²) in [6.45, 7) is 0.863. The van der Waals surface area contributed by atoms with Gasteiger partial charge in [0.25, 0.3) is 11.8 Å². The minimum atomic E-state index is -0.700. The smallest absolute Gasteiger partial charge is 0.256 e. The number of nitrogens with one attached hydrogen (secondary N) is 1. The number of hydrogen-bond donors (Lipinski definition) is 1. The summed E-state index contributed by atoms with van der Waals surface area (Å²) in [5.74, 6) is -0.649. The zero-order valence-electron chi connectivity index (χ0n) is 13.4. The van der Waals surface area contributed by atoms with E-state index in [1.54, 1.807) is 52.4 Å². The van der Waals surface area contributed by atoms with Gasteiger partial charge in [-0.25, -0.2) is 0 Å². The summed E-state index contributed by atoms with van der Waals surface area (Å²) in [6.07, 6.45) is 3.10. The van der Waals surface area contributed by atoms with E-state index < -0.39 is 6.04 Å². The van der Waals surface area contributed by atoms with E-state index >= 15 is 0 Å². The lowest BCUT2D eigenvalue weighted by atomic mass is 10.1. The molecule has 0 bridgehead atoms. The highest BCUT2D eigenvalue weighted by Crippen LogP contribution is 2.25. The zero-order chi connectivity index (χ0) is 17.4. The summed E-state index contributed by atoms with van der Waals surface area (Å²) in [6, 6.07) is 9.64. The number of hydrogen-bond acceptors (Lipinski definition) is 4. The number of carbonyl (C=O) groups excluding carboxylic acids is 3. The van der Waals surface area contributed by atoms with Crippen molar-refractivity contribution in [1.29, 1.82) is 0 Å². The van der Waals surface area contributed by atoms with Crippen LogP contribution in [0.3, 0.4) is 0 Å². The third-order valence-corrected chi connectivity index (χ3v) is 4.55. The molecule has 0 radical (unpaired) electrons. The Kier molecular flexibility index (Phi) is 3.68. The lowest BCUT2D eigenvalue weighted by Crippen LogP contribution is -2.59. The molecule has 7 heteroatoms. The molecular weight excluding hydrogens is 320 g/mol. The van der Waals surface area contributed by atoms with Gasteiger partial charge in [0.1, 0.15) is 6.04 Å². The lowest BCUT2D eigenvalue weighted by Gasteiger charge is -2.39. The average molecular weight is 336 g/mol. The van der Waals surface area contributed by atoms with Crippen molar-refractivity contribution < 1.29 is 14.4 Å². The van der Waals surface area contributed by atoms with Crippen LogP contribution >= 0.6 is 0 Å². The van der Waals surface area contributed by atoms with Crippen molar-refractivity contribution in [2.75, 3.05) is 25.0 Å². The van der Waals surface area contributed by atoms with Gasteiger partial charge in [0.05, 0.1) is 23.4 Å². The lowest BCUT2D eigenvalue weighted by molar-refractivity contribution is -0.121. The number of amides is 3. The molecule has 3 heterocycles. The number of benzene rings is 1. The van der Waals surface area contributed by atoms with Gasteiger partial charge in [-0.1, -0.05) is 12.1 Å². The van der Waals surface area contributed by atoms with Crippen LogP contribution in [0.15, 0.2) is 48.8 Å². The van der Waals surface area contributed by atoms with E-state index in [0.29, 0.717) is 29.9 Å². The second-order valence-corrected chi connectivity index (χ2v) is 6.04. The Morgan fingerprint density at radius 1 is 1.12 bits per heavy atom. The van der Waals surface area contributed by atoms with Crippen molar-refractivity contribution in [1.82, 2.24) is 14.8 Å². The number of fused-ring (bicyclic) bond motifs is 2. The van der Waals surface area contributed by atoms with Crippen LogP contribution in [0.4, 0.5) is 5.69 Å². The monoisotopic (exact) mass is 336 g/mol. The first-order chi connectivity index (χ1) is 12.1. The normalized spacial score (nSPS) is 19.6. The molecule has 1 saturated heterocycles. The number of piperazine rings is 1. The highest BCUT2D eigenvalue weighted by molar-refractivity contribution is 6.10. The highest BCUT2D eigenvalue weighted by atomic mass is 16.2. The molecule has 2 aromatic rings. The summed E-state index contributed by atoms with van der Waals surface area (Å²) in [7, 11) is 0. The molecule has 25 heavy (non-hydrogen) atoms. The molecule has 0 spiro atoms.